The maximum absolute atomic E-state index is 12.9. The zero-order valence-electron chi connectivity index (χ0n) is 14.4. The van der Waals surface area contributed by atoms with E-state index in [2.05, 4.69) is 12.2 Å². The number of hydrogen-bond acceptors (Lipinski definition) is 3. The van der Waals surface area contributed by atoms with E-state index in [-0.39, 0.29) is 17.9 Å². The van der Waals surface area contributed by atoms with Crippen molar-refractivity contribution in [2.45, 2.75) is 44.6 Å². The van der Waals surface area contributed by atoms with Crippen LogP contribution < -0.4 is 5.32 Å². The van der Waals surface area contributed by atoms with Gasteiger partial charge in [-0.3, -0.25) is 4.79 Å². The molecule has 0 radical (unpaired) electrons. The number of carbonyl (C=O) groups excluding carboxylic acids is 1. The number of aryl methyl sites for hydroxylation is 1. The predicted octanol–water partition coefficient (Wildman–Crippen LogP) is 2.23. The molecule has 2 aliphatic rings. The second kappa shape index (κ2) is 6.33. The number of amides is 1. The maximum Gasteiger partial charge on any atom is 0.243 e. The third kappa shape index (κ3) is 3.26. The number of nitrogens with one attached hydrogen (secondary N) is 1. The Labute approximate surface area is 143 Å². The summed E-state index contributed by atoms with van der Waals surface area (Å²) in [6.07, 6.45) is 1.62. The molecule has 1 amide bonds. The van der Waals surface area contributed by atoms with Crippen LogP contribution in [0.5, 0.6) is 0 Å². The van der Waals surface area contributed by atoms with Gasteiger partial charge in [-0.15, -0.1) is 0 Å². The molecule has 130 valence electrons. The van der Waals surface area contributed by atoms with E-state index >= 15 is 0 Å². The summed E-state index contributed by atoms with van der Waals surface area (Å²) in [5, 5.41) is 2.98. The van der Waals surface area contributed by atoms with Gasteiger partial charge in [0, 0.05) is 26.1 Å². The Kier molecular flexibility index (Phi) is 4.53. The lowest BCUT2D eigenvalue weighted by Gasteiger charge is -2.28. The average Bonchev–Trinajstić information content (AvgIpc) is 2.92. The summed E-state index contributed by atoms with van der Waals surface area (Å²) in [5.74, 6) is 0.175. The molecule has 3 rings (SSSR count). The number of benzene rings is 1. The van der Waals surface area contributed by atoms with Crippen LogP contribution in [0, 0.1) is 12.8 Å². The Morgan fingerprint density at radius 1 is 1.21 bits per heavy atom. The van der Waals surface area contributed by atoms with Crippen LogP contribution in [-0.4, -0.2) is 37.8 Å². The quantitative estimate of drug-likeness (QED) is 0.852. The fourth-order valence-electron chi connectivity index (χ4n) is 3.81. The molecule has 1 aliphatic carbocycles. The molecular formula is C18H24N2O3S. The molecule has 5 nitrogen and oxygen atoms in total. The Balaban J connectivity index is 1.81. The van der Waals surface area contributed by atoms with Crippen molar-refractivity contribution in [2.75, 3.05) is 13.1 Å². The van der Waals surface area contributed by atoms with Crippen molar-refractivity contribution in [3.8, 4) is 0 Å². The smallest absolute Gasteiger partial charge is 0.243 e. The summed E-state index contributed by atoms with van der Waals surface area (Å²) in [5.41, 5.74) is 3.49. The van der Waals surface area contributed by atoms with Crippen molar-refractivity contribution in [2.24, 2.45) is 5.92 Å². The van der Waals surface area contributed by atoms with Gasteiger partial charge in [0.2, 0.25) is 15.9 Å². The van der Waals surface area contributed by atoms with E-state index in [0.717, 1.165) is 18.4 Å². The van der Waals surface area contributed by atoms with E-state index in [1.807, 2.05) is 19.1 Å². The summed E-state index contributed by atoms with van der Waals surface area (Å²) >= 11 is 0. The van der Waals surface area contributed by atoms with Gasteiger partial charge in [0.1, 0.15) is 0 Å². The molecule has 1 aromatic carbocycles. The average molecular weight is 348 g/mol. The lowest BCUT2D eigenvalue weighted by Crippen LogP contribution is -2.38. The molecule has 1 aliphatic heterocycles. The molecule has 0 unspecified atom stereocenters. The fraction of sp³-hybridized carbons (Fsp3) is 0.500. The highest BCUT2D eigenvalue weighted by molar-refractivity contribution is 7.89. The first-order chi connectivity index (χ1) is 11.3. The fourth-order valence-corrected chi connectivity index (χ4v) is 5.27. The normalized spacial score (nSPS) is 24.8. The van der Waals surface area contributed by atoms with Gasteiger partial charge in [-0.1, -0.05) is 28.8 Å². The van der Waals surface area contributed by atoms with Crippen LogP contribution in [0.1, 0.15) is 32.3 Å². The summed E-state index contributed by atoms with van der Waals surface area (Å²) < 4.78 is 27.4. The summed E-state index contributed by atoms with van der Waals surface area (Å²) in [6, 6.07) is 7.11. The lowest BCUT2D eigenvalue weighted by atomic mass is 9.82. The summed E-state index contributed by atoms with van der Waals surface area (Å²) in [7, 11) is -3.47. The minimum atomic E-state index is -3.47. The summed E-state index contributed by atoms with van der Waals surface area (Å²) in [4.78, 5) is 11.7. The highest BCUT2D eigenvalue weighted by Crippen LogP contribution is 2.38. The van der Waals surface area contributed by atoms with Gasteiger partial charge in [-0.05, 0) is 44.7 Å². The largest absolute Gasteiger partial charge is 0.353 e. The van der Waals surface area contributed by atoms with Gasteiger partial charge in [-0.2, -0.15) is 4.31 Å². The van der Waals surface area contributed by atoms with Crippen molar-refractivity contribution >= 4 is 15.9 Å². The molecular weight excluding hydrogens is 324 g/mol. The molecule has 1 aromatic rings. The van der Waals surface area contributed by atoms with Crippen LogP contribution in [0.25, 0.3) is 0 Å². The van der Waals surface area contributed by atoms with E-state index < -0.39 is 10.0 Å². The number of fused-ring (bicyclic) bond motifs is 1. The Morgan fingerprint density at radius 2 is 1.88 bits per heavy atom. The van der Waals surface area contributed by atoms with Crippen molar-refractivity contribution in [3.05, 3.63) is 41.0 Å². The van der Waals surface area contributed by atoms with Crippen LogP contribution in [0.2, 0.25) is 0 Å². The van der Waals surface area contributed by atoms with Crippen molar-refractivity contribution in [1.82, 2.24) is 9.62 Å². The topological polar surface area (TPSA) is 66.5 Å². The molecule has 1 N–H and O–H groups in total. The highest BCUT2D eigenvalue weighted by Gasteiger charge is 2.39. The van der Waals surface area contributed by atoms with Crippen molar-refractivity contribution in [3.63, 3.8) is 0 Å². The standard InChI is InChI=1S/C18H24N2O3S/c1-12-4-6-17(7-5-12)24(22,23)20-10-15-9-16(19-14(3)21)8-13(2)18(15)11-20/h4-7,15-16H,8-11H2,1-3H3,(H,19,21)/t15-,16-/m0/s1. The number of rotatable bonds is 3. The molecule has 0 bridgehead atoms. The Bertz CT molecular complexity index is 781. The number of hydrogen-bond donors (Lipinski definition) is 1. The van der Waals surface area contributed by atoms with Gasteiger partial charge in [0.25, 0.3) is 0 Å². The Morgan fingerprint density at radius 3 is 2.50 bits per heavy atom. The van der Waals surface area contributed by atoms with Gasteiger partial charge >= 0.3 is 0 Å². The van der Waals surface area contributed by atoms with Crippen LogP contribution in [-0.2, 0) is 14.8 Å². The lowest BCUT2D eigenvalue weighted by molar-refractivity contribution is -0.119. The van der Waals surface area contributed by atoms with E-state index in [9.17, 15) is 13.2 Å². The zero-order valence-corrected chi connectivity index (χ0v) is 15.2. The van der Waals surface area contributed by atoms with Crippen molar-refractivity contribution < 1.29 is 13.2 Å². The minimum absolute atomic E-state index is 0.0293. The molecule has 1 fully saturated rings. The molecule has 6 heteroatoms. The molecule has 0 saturated carbocycles. The Hall–Kier alpha value is -1.66. The second-order valence-corrected chi connectivity index (χ2v) is 8.89. The maximum atomic E-state index is 12.9. The van der Waals surface area contributed by atoms with E-state index in [1.165, 1.54) is 18.1 Å². The predicted molar refractivity (Wildman–Crippen MR) is 93.0 cm³/mol. The SMILES string of the molecule is CC(=O)N[C@H]1CC(C)=C2CN(S(=O)(=O)c3ccc(C)cc3)C[C@@H]2C1. The molecule has 0 spiro atoms. The first-order valence-corrected chi connectivity index (χ1v) is 9.74. The van der Waals surface area contributed by atoms with E-state index in [1.54, 1.807) is 16.4 Å². The van der Waals surface area contributed by atoms with Gasteiger partial charge in [0.05, 0.1) is 4.90 Å². The highest BCUT2D eigenvalue weighted by atomic mass is 32.2. The zero-order chi connectivity index (χ0) is 17.5. The van der Waals surface area contributed by atoms with Gasteiger partial charge < -0.3 is 5.32 Å². The van der Waals surface area contributed by atoms with E-state index in [0.29, 0.717) is 18.0 Å². The van der Waals surface area contributed by atoms with Crippen LogP contribution in [0.3, 0.4) is 0 Å². The summed E-state index contributed by atoms with van der Waals surface area (Å²) in [6.45, 7) is 6.49. The first-order valence-electron chi connectivity index (χ1n) is 8.30. The van der Waals surface area contributed by atoms with Crippen molar-refractivity contribution in [1.29, 1.82) is 0 Å². The number of sulfonamides is 1. The second-order valence-electron chi connectivity index (χ2n) is 6.95. The first kappa shape index (κ1) is 17.2. The number of nitrogens with zero attached hydrogens (tertiary/aromatic N) is 1. The van der Waals surface area contributed by atoms with Gasteiger partial charge in [0.15, 0.2) is 0 Å². The van der Waals surface area contributed by atoms with Crippen LogP contribution in [0.4, 0.5) is 0 Å². The van der Waals surface area contributed by atoms with Gasteiger partial charge in [-0.25, -0.2) is 8.42 Å². The third-order valence-corrected chi connectivity index (χ3v) is 6.83. The monoisotopic (exact) mass is 348 g/mol. The third-order valence-electron chi connectivity index (χ3n) is 5.00. The molecule has 0 aromatic heterocycles. The van der Waals surface area contributed by atoms with Crippen LogP contribution >= 0.6 is 0 Å². The molecule has 2 atom stereocenters. The van der Waals surface area contributed by atoms with E-state index in [4.69, 9.17) is 0 Å². The number of carbonyl (C=O) groups is 1. The minimum Gasteiger partial charge on any atom is -0.353 e. The van der Waals surface area contributed by atoms with Crippen LogP contribution in [0.15, 0.2) is 40.3 Å². The molecule has 24 heavy (non-hydrogen) atoms. The molecule has 1 heterocycles. The molecule has 1 saturated heterocycles.